The molecule has 0 spiro atoms. The van der Waals surface area contributed by atoms with E-state index in [1.807, 2.05) is 4.90 Å². The number of rotatable bonds is 3. The Labute approximate surface area is 128 Å². The lowest BCUT2D eigenvalue weighted by atomic mass is 10.1. The van der Waals surface area contributed by atoms with Crippen LogP contribution >= 0.6 is 0 Å². The SMILES string of the molecule is O=C(C1CCCN1c1ccccc1[N+](=O)[O-])N1CCOCC1. The van der Waals surface area contributed by atoms with E-state index in [0.29, 0.717) is 38.5 Å². The van der Waals surface area contributed by atoms with Crippen molar-refractivity contribution in [3.8, 4) is 0 Å². The fraction of sp³-hybridized carbons (Fsp3) is 0.533. The van der Waals surface area contributed by atoms with Gasteiger partial charge in [-0.3, -0.25) is 14.9 Å². The van der Waals surface area contributed by atoms with Gasteiger partial charge in [0, 0.05) is 25.7 Å². The van der Waals surface area contributed by atoms with Crippen molar-refractivity contribution in [3.05, 3.63) is 34.4 Å². The first-order chi connectivity index (χ1) is 10.7. The van der Waals surface area contributed by atoms with Gasteiger partial charge >= 0.3 is 0 Å². The zero-order valence-electron chi connectivity index (χ0n) is 12.3. The molecule has 0 aromatic heterocycles. The minimum Gasteiger partial charge on any atom is -0.378 e. The fourth-order valence-corrected chi connectivity index (χ4v) is 3.17. The van der Waals surface area contributed by atoms with E-state index < -0.39 is 0 Å². The van der Waals surface area contributed by atoms with Crippen LogP contribution in [-0.2, 0) is 9.53 Å². The van der Waals surface area contributed by atoms with Crippen LogP contribution in [0.3, 0.4) is 0 Å². The molecule has 22 heavy (non-hydrogen) atoms. The molecule has 3 rings (SSSR count). The van der Waals surface area contributed by atoms with Crippen LogP contribution in [0.25, 0.3) is 0 Å². The van der Waals surface area contributed by atoms with E-state index in [2.05, 4.69) is 0 Å². The highest BCUT2D eigenvalue weighted by molar-refractivity contribution is 5.87. The number of nitro groups is 1. The minimum absolute atomic E-state index is 0.0546. The van der Waals surface area contributed by atoms with Crippen LogP contribution in [-0.4, -0.2) is 54.6 Å². The number of ether oxygens (including phenoxy) is 1. The van der Waals surface area contributed by atoms with E-state index in [0.717, 1.165) is 12.8 Å². The number of nitro benzene ring substituents is 1. The van der Waals surface area contributed by atoms with E-state index >= 15 is 0 Å². The first-order valence-electron chi connectivity index (χ1n) is 7.55. The lowest BCUT2D eigenvalue weighted by Gasteiger charge is -2.33. The van der Waals surface area contributed by atoms with Crippen molar-refractivity contribution in [2.75, 3.05) is 37.7 Å². The summed E-state index contributed by atoms with van der Waals surface area (Å²) in [5, 5.41) is 11.2. The summed E-state index contributed by atoms with van der Waals surface area (Å²) in [5.74, 6) is 0.0546. The summed E-state index contributed by atoms with van der Waals surface area (Å²) in [4.78, 5) is 27.3. The molecule has 2 aliphatic heterocycles. The summed E-state index contributed by atoms with van der Waals surface area (Å²) in [6.45, 7) is 2.99. The molecule has 0 radical (unpaired) electrons. The van der Waals surface area contributed by atoms with Crippen molar-refractivity contribution >= 4 is 17.3 Å². The van der Waals surface area contributed by atoms with Gasteiger partial charge in [-0.15, -0.1) is 0 Å². The van der Waals surface area contributed by atoms with E-state index in [9.17, 15) is 14.9 Å². The largest absolute Gasteiger partial charge is 0.378 e. The number of carbonyl (C=O) groups is 1. The Bertz CT molecular complexity index is 572. The van der Waals surface area contributed by atoms with E-state index in [1.54, 1.807) is 23.1 Å². The normalized spacial score (nSPS) is 21.9. The second kappa shape index (κ2) is 6.31. The smallest absolute Gasteiger partial charge is 0.292 e. The Hall–Kier alpha value is -2.15. The summed E-state index contributed by atoms with van der Waals surface area (Å²) in [6, 6.07) is 6.33. The molecule has 0 N–H and O–H groups in total. The Kier molecular flexibility index (Phi) is 4.24. The number of nitrogens with zero attached hydrogens (tertiary/aromatic N) is 3. The molecule has 2 fully saturated rings. The molecular weight excluding hydrogens is 286 g/mol. The predicted octanol–water partition coefficient (Wildman–Crippen LogP) is 1.42. The summed E-state index contributed by atoms with van der Waals surface area (Å²) in [6.07, 6.45) is 1.61. The molecule has 2 saturated heterocycles. The highest BCUT2D eigenvalue weighted by Crippen LogP contribution is 2.33. The Balaban J connectivity index is 1.84. The number of amides is 1. The summed E-state index contributed by atoms with van der Waals surface area (Å²) >= 11 is 0. The van der Waals surface area contributed by atoms with Gasteiger partial charge in [0.15, 0.2) is 0 Å². The zero-order valence-corrected chi connectivity index (χ0v) is 12.3. The number of anilines is 1. The van der Waals surface area contributed by atoms with Crippen LogP contribution in [0, 0.1) is 10.1 Å². The number of benzene rings is 1. The highest BCUT2D eigenvalue weighted by Gasteiger charge is 2.36. The van der Waals surface area contributed by atoms with Gasteiger partial charge in [0.05, 0.1) is 18.1 Å². The van der Waals surface area contributed by atoms with Gasteiger partial charge in [-0.05, 0) is 18.9 Å². The molecule has 0 bridgehead atoms. The third-order valence-electron chi connectivity index (χ3n) is 4.25. The lowest BCUT2D eigenvalue weighted by Crippen LogP contribution is -2.49. The number of carbonyl (C=O) groups excluding carboxylic acids is 1. The maximum atomic E-state index is 12.7. The maximum Gasteiger partial charge on any atom is 0.292 e. The summed E-state index contributed by atoms with van der Waals surface area (Å²) < 4.78 is 5.28. The van der Waals surface area contributed by atoms with Crippen molar-refractivity contribution in [2.24, 2.45) is 0 Å². The number of para-hydroxylation sites is 2. The van der Waals surface area contributed by atoms with Crippen LogP contribution in [0.2, 0.25) is 0 Å². The first-order valence-corrected chi connectivity index (χ1v) is 7.55. The predicted molar refractivity (Wildman–Crippen MR) is 80.9 cm³/mol. The molecule has 7 nitrogen and oxygen atoms in total. The standard InChI is InChI=1S/C15H19N3O4/c19-15(16-8-10-22-11-9-16)14-6-3-7-17(14)12-4-1-2-5-13(12)18(20)21/h1-2,4-5,14H,3,6-11H2. The van der Waals surface area contributed by atoms with Crippen molar-refractivity contribution in [1.82, 2.24) is 4.90 Å². The Morgan fingerprint density at radius 2 is 1.95 bits per heavy atom. The van der Waals surface area contributed by atoms with Gasteiger partial charge < -0.3 is 14.5 Å². The van der Waals surface area contributed by atoms with E-state index in [4.69, 9.17) is 4.74 Å². The monoisotopic (exact) mass is 305 g/mol. The third-order valence-corrected chi connectivity index (χ3v) is 4.25. The van der Waals surface area contributed by atoms with Gasteiger partial charge in [-0.1, -0.05) is 12.1 Å². The molecule has 2 aliphatic rings. The molecular formula is C15H19N3O4. The molecule has 118 valence electrons. The topological polar surface area (TPSA) is 75.9 Å². The Morgan fingerprint density at radius 1 is 1.23 bits per heavy atom. The van der Waals surface area contributed by atoms with Crippen molar-refractivity contribution in [1.29, 1.82) is 0 Å². The first kappa shape index (κ1) is 14.8. The highest BCUT2D eigenvalue weighted by atomic mass is 16.6. The zero-order chi connectivity index (χ0) is 15.5. The van der Waals surface area contributed by atoms with Gasteiger partial charge in [0.25, 0.3) is 5.69 Å². The number of hydrogen-bond acceptors (Lipinski definition) is 5. The molecule has 0 saturated carbocycles. The van der Waals surface area contributed by atoms with Crippen LogP contribution in [0.1, 0.15) is 12.8 Å². The number of morpholine rings is 1. The van der Waals surface area contributed by atoms with E-state index in [-0.39, 0.29) is 22.6 Å². The second-order valence-corrected chi connectivity index (χ2v) is 5.53. The van der Waals surface area contributed by atoms with Gasteiger partial charge in [-0.25, -0.2) is 0 Å². The molecule has 7 heteroatoms. The van der Waals surface area contributed by atoms with Crippen molar-refractivity contribution in [2.45, 2.75) is 18.9 Å². The molecule has 1 atom stereocenters. The second-order valence-electron chi connectivity index (χ2n) is 5.53. The van der Waals surface area contributed by atoms with Crippen molar-refractivity contribution in [3.63, 3.8) is 0 Å². The quantitative estimate of drug-likeness (QED) is 0.623. The molecule has 0 aliphatic carbocycles. The molecule has 1 unspecified atom stereocenters. The molecule has 1 aromatic carbocycles. The van der Waals surface area contributed by atoms with Gasteiger partial charge in [0.1, 0.15) is 11.7 Å². The average Bonchev–Trinajstić information content (AvgIpc) is 3.04. The minimum atomic E-state index is -0.385. The number of hydrogen-bond donors (Lipinski definition) is 0. The molecule has 1 amide bonds. The van der Waals surface area contributed by atoms with Gasteiger partial charge in [-0.2, -0.15) is 0 Å². The van der Waals surface area contributed by atoms with Crippen LogP contribution in [0.4, 0.5) is 11.4 Å². The lowest BCUT2D eigenvalue weighted by molar-refractivity contribution is -0.384. The fourth-order valence-electron chi connectivity index (χ4n) is 3.17. The summed E-state index contributed by atoms with van der Waals surface area (Å²) in [5.41, 5.74) is 0.598. The molecule has 1 aromatic rings. The van der Waals surface area contributed by atoms with Gasteiger partial charge in [0.2, 0.25) is 5.91 Å². The van der Waals surface area contributed by atoms with Crippen molar-refractivity contribution < 1.29 is 14.5 Å². The maximum absolute atomic E-state index is 12.7. The van der Waals surface area contributed by atoms with Crippen LogP contribution in [0.5, 0.6) is 0 Å². The van der Waals surface area contributed by atoms with E-state index in [1.165, 1.54) is 6.07 Å². The van der Waals surface area contributed by atoms with Crippen LogP contribution in [0.15, 0.2) is 24.3 Å². The average molecular weight is 305 g/mol. The van der Waals surface area contributed by atoms with Crippen LogP contribution < -0.4 is 4.90 Å². The summed E-state index contributed by atoms with van der Waals surface area (Å²) in [7, 11) is 0. The third kappa shape index (κ3) is 2.76. The molecule has 2 heterocycles. The Morgan fingerprint density at radius 3 is 2.68 bits per heavy atom.